The average molecular weight is 187 g/mol. The molecule has 2 heteroatoms. The number of rotatable bonds is 7. The molecule has 0 aliphatic carbocycles. The number of ether oxygens (including phenoxy) is 1. The zero-order valence-electron chi connectivity index (χ0n) is 9.84. The van der Waals surface area contributed by atoms with E-state index in [-0.39, 0.29) is 0 Å². The van der Waals surface area contributed by atoms with E-state index in [1.807, 2.05) is 0 Å². The second kappa shape index (κ2) is 7.34. The lowest BCUT2D eigenvalue weighted by Crippen LogP contribution is -2.31. The molecule has 0 saturated carbocycles. The van der Waals surface area contributed by atoms with Crippen LogP contribution in [-0.4, -0.2) is 38.3 Å². The normalized spacial score (nSPS) is 14.1. The maximum Gasteiger partial charge on any atom is 0.0465 e. The molecule has 0 aromatic rings. The van der Waals surface area contributed by atoms with Gasteiger partial charge in [0, 0.05) is 26.3 Å². The van der Waals surface area contributed by atoms with Crippen LogP contribution < -0.4 is 0 Å². The van der Waals surface area contributed by atoms with Crippen molar-refractivity contribution in [3.05, 3.63) is 0 Å². The quantitative estimate of drug-likeness (QED) is 0.607. The number of nitrogens with zero attached hydrogens (tertiary/aromatic N) is 1. The lowest BCUT2D eigenvalue weighted by molar-refractivity contribution is 0.153. The molecule has 0 saturated heterocycles. The maximum atomic E-state index is 5.10. The van der Waals surface area contributed by atoms with E-state index in [9.17, 15) is 0 Å². The molecule has 0 spiro atoms. The van der Waals surface area contributed by atoms with Crippen molar-refractivity contribution in [1.29, 1.82) is 0 Å². The summed E-state index contributed by atoms with van der Waals surface area (Å²) >= 11 is 0. The first-order valence-electron chi connectivity index (χ1n) is 5.31. The Labute approximate surface area is 83.3 Å². The summed E-state index contributed by atoms with van der Waals surface area (Å²) in [5, 5.41) is 0. The third-order valence-corrected chi connectivity index (χ3v) is 2.74. The van der Waals surface area contributed by atoms with E-state index in [1.165, 1.54) is 19.4 Å². The molecule has 0 radical (unpaired) electrons. The third kappa shape index (κ3) is 6.05. The van der Waals surface area contributed by atoms with Crippen LogP contribution in [0.3, 0.4) is 0 Å². The summed E-state index contributed by atoms with van der Waals surface area (Å²) in [6.07, 6.45) is 2.44. The van der Waals surface area contributed by atoms with Crippen LogP contribution in [0.5, 0.6) is 0 Å². The molecule has 0 rings (SSSR count). The molecule has 0 aliphatic rings. The van der Waals surface area contributed by atoms with Gasteiger partial charge in [0.25, 0.3) is 0 Å². The van der Waals surface area contributed by atoms with Crippen molar-refractivity contribution < 1.29 is 4.74 Å². The van der Waals surface area contributed by atoms with Gasteiger partial charge in [-0.1, -0.05) is 13.3 Å². The Hall–Kier alpha value is -0.0800. The van der Waals surface area contributed by atoms with Gasteiger partial charge >= 0.3 is 0 Å². The third-order valence-electron chi connectivity index (χ3n) is 2.74. The van der Waals surface area contributed by atoms with Crippen LogP contribution in [0.25, 0.3) is 0 Å². The lowest BCUT2D eigenvalue weighted by atomic mass is 10.0. The topological polar surface area (TPSA) is 12.5 Å². The molecule has 2 nitrogen and oxygen atoms in total. The summed E-state index contributed by atoms with van der Waals surface area (Å²) < 4.78 is 5.10. The van der Waals surface area contributed by atoms with E-state index in [0.29, 0.717) is 6.04 Å². The summed E-state index contributed by atoms with van der Waals surface area (Å²) in [5.74, 6) is 0.785. The monoisotopic (exact) mass is 187 g/mol. The standard InChI is InChI=1S/C11H25NO/c1-6-11(7-8-13-5)9-12(4)10(2)3/h10-11H,6-9H2,1-5H3. The highest BCUT2D eigenvalue weighted by Gasteiger charge is 2.11. The molecule has 0 N–H and O–H groups in total. The highest BCUT2D eigenvalue weighted by Crippen LogP contribution is 2.11. The number of hydrogen-bond donors (Lipinski definition) is 0. The predicted octanol–water partition coefficient (Wildman–Crippen LogP) is 2.39. The Morgan fingerprint density at radius 3 is 2.31 bits per heavy atom. The molecule has 0 fully saturated rings. The summed E-state index contributed by atoms with van der Waals surface area (Å²) in [5.41, 5.74) is 0. The van der Waals surface area contributed by atoms with Gasteiger partial charge < -0.3 is 9.64 Å². The fourth-order valence-electron chi connectivity index (χ4n) is 1.33. The van der Waals surface area contributed by atoms with Gasteiger partial charge in [0.05, 0.1) is 0 Å². The minimum Gasteiger partial charge on any atom is -0.385 e. The van der Waals surface area contributed by atoms with Gasteiger partial charge in [-0.3, -0.25) is 0 Å². The molecule has 0 amide bonds. The van der Waals surface area contributed by atoms with Gasteiger partial charge in [0.1, 0.15) is 0 Å². The summed E-state index contributed by atoms with van der Waals surface area (Å²) in [6, 6.07) is 0.650. The van der Waals surface area contributed by atoms with E-state index < -0.39 is 0 Å². The molecule has 0 heterocycles. The Kier molecular flexibility index (Phi) is 7.29. The molecule has 13 heavy (non-hydrogen) atoms. The van der Waals surface area contributed by atoms with Crippen molar-refractivity contribution in [3.63, 3.8) is 0 Å². The Balaban J connectivity index is 3.69. The molecule has 0 bridgehead atoms. The zero-order valence-corrected chi connectivity index (χ0v) is 9.84. The Morgan fingerprint density at radius 1 is 1.31 bits per heavy atom. The summed E-state index contributed by atoms with van der Waals surface area (Å²) in [6.45, 7) is 8.82. The van der Waals surface area contributed by atoms with Crippen LogP contribution in [0.2, 0.25) is 0 Å². The van der Waals surface area contributed by atoms with Crippen molar-refractivity contribution in [2.75, 3.05) is 27.3 Å². The fraction of sp³-hybridized carbons (Fsp3) is 1.00. The lowest BCUT2D eigenvalue weighted by Gasteiger charge is -2.26. The van der Waals surface area contributed by atoms with Crippen LogP contribution in [0.1, 0.15) is 33.6 Å². The zero-order chi connectivity index (χ0) is 10.3. The highest BCUT2D eigenvalue weighted by atomic mass is 16.5. The minimum atomic E-state index is 0.650. The molecule has 0 aromatic heterocycles. The van der Waals surface area contributed by atoms with E-state index in [4.69, 9.17) is 4.74 Å². The van der Waals surface area contributed by atoms with E-state index in [1.54, 1.807) is 7.11 Å². The summed E-state index contributed by atoms with van der Waals surface area (Å²) in [7, 11) is 3.97. The van der Waals surface area contributed by atoms with Crippen LogP contribution in [0, 0.1) is 5.92 Å². The predicted molar refractivity (Wildman–Crippen MR) is 58.0 cm³/mol. The summed E-state index contributed by atoms with van der Waals surface area (Å²) in [4.78, 5) is 2.41. The van der Waals surface area contributed by atoms with Crippen molar-refractivity contribution in [1.82, 2.24) is 4.90 Å². The van der Waals surface area contributed by atoms with E-state index in [2.05, 4.69) is 32.7 Å². The Bertz CT molecular complexity index is 115. The van der Waals surface area contributed by atoms with Crippen molar-refractivity contribution in [3.8, 4) is 0 Å². The second-order valence-electron chi connectivity index (χ2n) is 4.09. The second-order valence-corrected chi connectivity index (χ2v) is 4.09. The fourth-order valence-corrected chi connectivity index (χ4v) is 1.33. The average Bonchev–Trinajstić information content (AvgIpc) is 2.11. The van der Waals surface area contributed by atoms with Crippen LogP contribution in [-0.2, 0) is 4.74 Å². The van der Waals surface area contributed by atoms with Gasteiger partial charge in [0.2, 0.25) is 0 Å². The molecular weight excluding hydrogens is 162 g/mol. The van der Waals surface area contributed by atoms with Crippen molar-refractivity contribution in [2.24, 2.45) is 5.92 Å². The molecule has 1 unspecified atom stereocenters. The molecule has 0 aliphatic heterocycles. The first kappa shape index (κ1) is 12.9. The van der Waals surface area contributed by atoms with E-state index >= 15 is 0 Å². The Morgan fingerprint density at radius 2 is 1.92 bits per heavy atom. The molecule has 80 valence electrons. The largest absolute Gasteiger partial charge is 0.385 e. The highest BCUT2D eigenvalue weighted by molar-refractivity contribution is 4.64. The van der Waals surface area contributed by atoms with E-state index in [0.717, 1.165) is 12.5 Å². The smallest absolute Gasteiger partial charge is 0.0465 e. The minimum absolute atomic E-state index is 0.650. The number of methoxy groups -OCH3 is 1. The van der Waals surface area contributed by atoms with Gasteiger partial charge in [0.15, 0.2) is 0 Å². The van der Waals surface area contributed by atoms with Gasteiger partial charge in [-0.25, -0.2) is 0 Å². The van der Waals surface area contributed by atoms with Gasteiger partial charge in [-0.15, -0.1) is 0 Å². The van der Waals surface area contributed by atoms with Gasteiger partial charge in [-0.2, -0.15) is 0 Å². The number of hydrogen-bond acceptors (Lipinski definition) is 2. The van der Waals surface area contributed by atoms with Crippen LogP contribution in [0.4, 0.5) is 0 Å². The molecule has 1 atom stereocenters. The van der Waals surface area contributed by atoms with Crippen LogP contribution in [0.15, 0.2) is 0 Å². The first-order chi connectivity index (χ1) is 6.11. The van der Waals surface area contributed by atoms with Gasteiger partial charge in [-0.05, 0) is 33.2 Å². The van der Waals surface area contributed by atoms with Crippen LogP contribution >= 0.6 is 0 Å². The van der Waals surface area contributed by atoms with Crippen molar-refractivity contribution in [2.45, 2.75) is 39.7 Å². The molecular formula is C11H25NO. The first-order valence-corrected chi connectivity index (χ1v) is 5.31. The molecule has 0 aromatic carbocycles. The SMILES string of the molecule is CCC(CCOC)CN(C)C(C)C. The van der Waals surface area contributed by atoms with Crippen molar-refractivity contribution >= 4 is 0 Å². The maximum absolute atomic E-state index is 5.10.